The molecule has 1 aromatic heterocycles. The number of nitrogens with two attached hydrogens (primary N) is 2. The van der Waals surface area contributed by atoms with Crippen molar-refractivity contribution in [3.8, 4) is 11.8 Å². The number of rotatable bonds is 3. The molecular weight excluding hydrogens is 244 g/mol. The number of primary amides is 1. The van der Waals surface area contributed by atoms with Gasteiger partial charge in [0.25, 0.3) is 5.91 Å². The molecule has 0 saturated carbocycles. The Morgan fingerprint density at radius 3 is 2.74 bits per heavy atom. The van der Waals surface area contributed by atoms with Crippen LogP contribution < -0.4 is 16.8 Å². The van der Waals surface area contributed by atoms with Gasteiger partial charge in [0.1, 0.15) is 5.54 Å². The molecule has 19 heavy (non-hydrogen) atoms. The number of hydrogen-bond acceptors (Lipinski definition) is 4. The zero-order valence-corrected chi connectivity index (χ0v) is 10.9. The van der Waals surface area contributed by atoms with Crippen molar-refractivity contribution in [2.75, 3.05) is 6.54 Å². The Morgan fingerprint density at radius 2 is 2.16 bits per heavy atom. The molecule has 0 aliphatic rings. The first-order valence-electron chi connectivity index (χ1n) is 5.64. The molecule has 1 rings (SSSR count). The minimum absolute atomic E-state index is 0.183. The summed E-state index contributed by atoms with van der Waals surface area (Å²) in [6, 6.07) is 1.52. The SMILES string of the molecule is CC(C)(NC(=O)c1ccncc1C#CCN)C(N)=O. The molecule has 1 aromatic rings. The van der Waals surface area contributed by atoms with Crippen molar-refractivity contribution in [3.63, 3.8) is 0 Å². The highest BCUT2D eigenvalue weighted by atomic mass is 16.2. The van der Waals surface area contributed by atoms with Crippen LogP contribution in [0.15, 0.2) is 18.5 Å². The third-order valence-electron chi connectivity index (χ3n) is 2.43. The van der Waals surface area contributed by atoms with Crippen LogP contribution in [0.3, 0.4) is 0 Å². The lowest BCUT2D eigenvalue weighted by Gasteiger charge is -2.22. The molecule has 1 heterocycles. The summed E-state index contributed by atoms with van der Waals surface area (Å²) in [6.45, 7) is 3.24. The van der Waals surface area contributed by atoms with Crippen molar-refractivity contribution in [2.45, 2.75) is 19.4 Å². The molecule has 100 valence electrons. The second-order valence-corrected chi connectivity index (χ2v) is 4.37. The van der Waals surface area contributed by atoms with E-state index in [1.165, 1.54) is 32.3 Å². The molecule has 6 nitrogen and oxygen atoms in total. The van der Waals surface area contributed by atoms with Gasteiger partial charge in [0.2, 0.25) is 5.91 Å². The third-order valence-corrected chi connectivity index (χ3v) is 2.43. The van der Waals surface area contributed by atoms with Crippen LogP contribution in [0.2, 0.25) is 0 Å². The minimum atomic E-state index is -1.14. The predicted molar refractivity (Wildman–Crippen MR) is 70.9 cm³/mol. The summed E-state index contributed by atoms with van der Waals surface area (Å²) in [7, 11) is 0. The number of carbonyl (C=O) groups is 2. The van der Waals surface area contributed by atoms with Gasteiger partial charge < -0.3 is 16.8 Å². The summed E-state index contributed by atoms with van der Waals surface area (Å²) in [4.78, 5) is 27.2. The Hall–Kier alpha value is -2.39. The number of carbonyl (C=O) groups excluding carboxylic acids is 2. The van der Waals surface area contributed by atoms with Crippen molar-refractivity contribution in [1.82, 2.24) is 10.3 Å². The van der Waals surface area contributed by atoms with Gasteiger partial charge in [-0.3, -0.25) is 14.6 Å². The van der Waals surface area contributed by atoms with Gasteiger partial charge in [-0.1, -0.05) is 11.8 Å². The van der Waals surface area contributed by atoms with Gasteiger partial charge in [-0.05, 0) is 19.9 Å². The Morgan fingerprint density at radius 1 is 1.47 bits per heavy atom. The van der Waals surface area contributed by atoms with Crippen LogP contribution in [0.5, 0.6) is 0 Å². The molecule has 5 N–H and O–H groups in total. The maximum absolute atomic E-state index is 12.1. The van der Waals surface area contributed by atoms with Gasteiger partial charge >= 0.3 is 0 Å². The van der Waals surface area contributed by atoms with Crippen LogP contribution in [0.4, 0.5) is 0 Å². The smallest absolute Gasteiger partial charge is 0.253 e. The number of amides is 2. The normalized spacial score (nSPS) is 10.3. The summed E-state index contributed by atoms with van der Waals surface area (Å²) < 4.78 is 0. The number of nitrogens with zero attached hydrogens (tertiary/aromatic N) is 1. The van der Waals surface area contributed by atoms with E-state index in [2.05, 4.69) is 22.1 Å². The van der Waals surface area contributed by atoms with E-state index in [1.54, 1.807) is 0 Å². The standard InChI is InChI=1S/C13H16N4O2/c1-13(2,12(15)19)17-11(18)10-5-7-16-8-9(10)4-3-6-14/h5,7-8H,6,14H2,1-2H3,(H2,15,19)(H,17,18). The van der Waals surface area contributed by atoms with Gasteiger partial charge in [-0.2, -0.15) is 0 Å². The molecular formula is C13H16N4O2. The first kappa shape index (κ1) is 14.7. The Kier molecular flexibility index (Phi) is 4.62. The topological polar surface area (TPSA) is 111 Å². The lowest BCUT2D eigenvalue weighted by molar-refractivity contribution is -0.122. The van der Waals surface area contributed by atoms with Gasteiger partial charge in [-0.15, -0.1) is 0 Å². The van der Waals surface area contributed by atoms with Crippen LogP contribution in [0.25, 0.3) is 0 Å². The number of nitrogens with one attached hydrogen (secondary N) is 1. The second-order valence-electron chi connectivity index (χ2n) is 4.37. The van der Waals surface area contributed by atoms with Crippen molar-refractivity contribution in [3.05, 3.63) is 29.6 Å². The van der Waals surface area contributed by atoms with Crippen LogP contribution >= 0.6 is 0 Å². The molecule has 0 fully saturated rings. The van der Waals surface area contributed by atoms with E-state index < -0.39 is 17.4 Å². The molecule has 0 atom stereocenters. The average Bonchev–Trinajstić information content (AvgIpc) is 2.36. The van der Waals surface area contributed by atoms with E-state index in [0.717, 1.165) is 0 Å². The number of hydrogen-bond donors (Lipinski definition) is 3. The van der Waals surface area contributed by atoms with Crippen LogP contribution in [0.1, 0.15) is 29.8 Å². The van der Waals surface area contributed by atoms with E-state index in [1.807, 2.05) is 0 Å². The highest BCUT2D eigenvalue weighted by Crippen LogP contribution is 2.08. The molecule has 0 aliphatic carbocycles. The highest BCUT2D eigenvalue weighted by Gasteiger charge is 2.27. The predicted octanol–water partition coefficient (Wildman–Crippen LogP) is -0.614. The lowest BCUT2D eigenvalue weighted by Crippen LogP contribution is -2.53. The van der Waals surface area contributed by atoms with Crippen molar-refractivity contribution < 1.29 is 9.59 Å². The molecule has 0 unspecified atom stereocenters. The molecule has 0 aromatic carbocycles. The summed E-state index contributed by atoms with van der Waals surface area (Å²) in [5, 5.41) is 2.55. The first-order chi connectivity index (χ1) is 8.88. The molecule has 6 heteroatoms. The van der Waals surface area contributed by atoms with E-state index >= 15 is 0 Å². The largest absolute Gasteiger partial charge is 0.368 e. The van der Waals surface area contributed by atoms with E-state index in [9.17, 15) is 9.59 Å². The summed E-state index contributed by atoms with van der Waals surface area (Å²) in [5.74, 6) is 4.35. The fourth-order valence-corrected chi connectivity index (χ4v) is 1.25. The lowest BCUT2D eigenvalue weighted by atomic mass is 10.0. The zero-order valence-electron chi connectivity index (χ0n) is 10.9. The molecule has 0 spiro atoms. The Labute approximate surface area is 111 Å². The molecule has 0 saturated heterocycles. The van der Waals surface area contributed by atoms with Gasteiger partial charge in [0.15, 0.2) is 0 Å². The van der Waals surface area contributed by atoms with E-state index in [4.69, 9.17) is 11.5 Å². The zero-order chi connectivity index (χ0) is 14.5. The fraction of sp³-hybridized carbons (Fsp3) is 0.308. The molecule has 0 bridgehead atoms. The van der Waals surface area contributed by atoms with Crippen LogP contribution in [-0.2, 0) is 4.79 Å². The number of aromatic nitrogens is 1. The summed E-state index contributed by atoms with van der Waals surface area (Å²) >= 11 is 0. The first-order valence-corrected chi connectivity index (χ1v) is 5.64. The monoisotopic (exact) mass is 260 g/mol. The van der Waals surface area contributed by atoms with Crippen molar-refractivity contribution in [1.29, 1.82) is 0 Å². The highest BCUT2D eigenvalue weighted by molar-refractivity contribution is 6.00. The molecule has 2 amide bonds. The van der Waals surface area contributed by atoms with E-state index in [-0.39, 0.29) is 6.54 Å². The maximum Gasteiger partial charge on any atom is 0.253 e. The Balaban J connectivity index is 3.04. The van der Waals surface area contributed by atoms with Crippen molar-refractivity contribution >= 4 is 11.8 Å². The maximum atomic E-state index is 12.1. The van der Waals surface area contributed by atoms with Gasteiger partial charge in [0, 0.05) is 12.4 Å². The minimum Gasteiger partial charge on any atom is -0.368 e. The van der Waals surface area contributed by atoms with Gasteiger partial charge in [-0.25, -0.2) is 0 Å². The van der Waals surface area contributed by atoms with E-state index in [0.29, 0.717) is 11.1 Å². The second kappa shape index (κ2) is 5.98. The molecule has 0 radical (unpaired) electrons. The average molecular weight is 260 g/mol. The molecule has 0 aliphatic heterocycles. The van der Waals surface area contributed by atoms with Crippen molar-refractivity contribution in [2.24, 2.45) is 11.5 Å². The Bertz CT molecular complexity index is 555. The number of pyridine rings is 1. The van der Waals surface area contributed by atoms with Crippen LogP contribution in [-0.4, -0.2) is 28.9 Å². The quantitative estimate of drug-likeness (QED) is 0.629. The van der Waals surface area contributed by atoms with Crippen LogP contribution in [0, 0.1) is 11.8 Å². The van der Waals surface area contributed by atoms with Gasteiger partial charge in [0.05, 0.1) is 17.7 Å². The summed E-state index contributed by atoms with van der Waals surface area (Å²) in [6.07, 6.45) is 2.94. The summed E-state index contributed by atoms with van der Waals surface area (Å²) in [5.41, 5.74) is 10.1. The third kappa shape index (κ3) is 3.79. The fourth-order valence-electron chi connectivity index (χ4n) is 1.25.